The molecular weight excluding hydrogens is 260 g/mol. The Kier molecular flexibility index (Phi) is 4.17. The van der Waals surface area contributed by atoms with Crippen LogP contribution in [-0.2, 0) is 16.3 Å². The van der Waals surface area contributed by atoms with Crippen LogP contribution >= 0.6 is 0 Å². The molecule has 1 aromatic carbocycles. The maximum absolute atomic E-state index is 11.4. The Morgan fingerprint density at radius 3 is 2.68 bits per heavy atom. The molecule has 102 valence electrons. The highest BCUT2D eigenvalue weighted by Gasteiger charge is 2.15. The standard InChI is InChI=1S/C14H18N2O2S/c1-15-12(10-19(2,17)18)9-11-7-8-16-14-6-4-3-5-13(11)14/h3-8,12,15H,9-10H2,1-2H3. The quantitative estimate of drug-likeness (QED) is 0.898. The molecule has 2 aromatic rings. The summed E-state index contributed by atoms with van der Waals surface area (Å²) in [4.78, 5) is 4.31. The lowest BCUT2D eigenvalue weighted by atomic mass is 10.0. The predicted molar refractivity (Wildman–Crippen MR) is 78.0 cm³/mol. The first-order chi connectivity index (χ1) is 8.99. The molecule has 0 fully saturated rings. The number of fused-ring (bicyclic) bond motifs is 1. The zero-order valence-corrected chi connectivity index (χ0v) is 11.9. The molecule has 0 aliphatic rings. The van der Waals surface area contributed by atoms with Gasteiger partial charge in [0.25, 0.3) is 0 Å². The summed E-state index contributed by atoms with van der Waals surface area (Å²) in [5, 5.41) is 4.15. The Hall–Kier alpha value is -1.46. The molecule has 19 heavy (non-hydrogen) atoms. The zero-order chi connectivity index (χ0) is 13.9. The monoisotopic (exact) mass is 278 g/mol. The number of sulfone groups is 1. The third-order valence-electron chi connectivity index (χ3n) is 3.12. The number of rotatable bonds is 5. The van der Waals surface area contributed by atoms with Crippen molar-refractivity contribution < 1.29 is 8.42 Å². The van der Waals surface area contributed by atoms with Crippen LogP contribution in [-0.4, -0.2) is 38.5 Å². The fourth-order valence-electron chi connectivity index (χ4n) is 2.21. The van der Waals surface area contributed by atoms with Gasteiger partial charge in [-0.25, -0.2) is 8.42 Å². The van der Waals surface area contributed by atoms with Gasteiger partial charge in [0.1, 0.15) is 9.84 Å². The molecule has 0 bridgehead atoms. The smallest absolute Gasteiger partial charge is 0.148 e. The van der Waals surface area contributed by atoms with E-state index in [-0.39, 0.29) is 11.8 Å². The first-order valence-electron chi connectivity index (χ1n) is 6.17. The van der Waals surface area contributed by atoms with Crippen molar-refractivity contribution in [2.75, 3.05) is 19.1 Å². The van der Waals surface area contributed by atoms with Gasteiger partial charge in [-0.15, -0.1) is 0 Å². The van der Waals surface area contributed by atoms with Crippen molar-refractivity contribution in [2.24, 2.45) is 0 Å². The number of nitrogens with zero attached hydrogens (tertiary/aromatic N) is 1. The number of benzene rings is 1. The SMILES string of the molecule is CNC(Cc1ccnc2ccccc12)CS(C)(=O)=O. The van der Waals surface area contributed by atoms with Gasteiger partial charge in [0, 0.05) is 23.9 Å². The molecular formula is C14H18N2O2S. The number of nitrogens with one attached hydrogen (secondary N) is 1. The van der Waals surface area contributed by atoms with Crippen LogP contribution < -0.4 is 5.32 Å². The lowest BCUT2D eigenvalue weighted by molar-refractivity contribution is 0.567. The van der Waals surface area contributed by atoms with Crippen LogP contribution in [0.15, 0.2) is 36.5 Å². The highest BCUT2D eigenvalue weighted by atomic mass is 32.2. The molecule has 0 amide bonds. The van der Waals surface area contributed by atoms with Gasteiger partial charge >= 0.3 is 0 Å². The summed E-state index contributed by atoms with van der Waals surface area (Å²) in [5.41, 5.74) is 2.06. The van der Waals surface area contributed by atoms with Crippen LogP contribution in [0.3, 0.4) is 0 Å². The Labute approximate surface area is 113 Å². The molecule has 0 saturated carbocycles. The summed E-state index contributed by atoms with van der Waals surface area (Å²) in [6.45, 7) is 0. The van der Waals surface area contributed by atoms with Crippen molar-refractivity contribution in [3.63, 3.8) is 0 Å². The van der Waals surface area contributed by atoms with Crippen molar-refractivity contribution in [3.05, 3.63) is 42.1 Å². The molecule has 4 nitrogen and oxygen atoms in total. The van der Waals surface area contributed by atoms with Gasteiger partial charge in [0.05, 0.1) is 11.3 Å². The molecule has 0 saturated heterocycles. The summed E-state index contributed by atoms with van der Waals surface area (Å²) < 4.78 is 22.8. The second kappa shape index (κ2) is 5.67. The first-order valence-corrected chi connectivity index (χ1v) is 8.23. The van der Waals surface area contributed by atoms with E-state index in [1.807, 2.05) is 30.3 Å². The van der Waals surface area contributed by atoms with Gasteiger partial charge in [-0.05, 0) is 31.2 Å². The van der Waals surface area contributed by atoms with Crippen LogP contribution in [0.2, 0.25) is 0 Å². The highest BCUT2D eigenvalue weighted by Crippen LogP contribution is 2.17. The second-order valence-corrected chi connectivity index (χ2v) is 6.95. The zero-order valence-electron chi connectivity index (χ0n) is 11.1. The summed E-state index contributed by atoms with van der Waals surface area (Å²) in [5.74, 6) is 0.139. The molecule has 5 heteroatoms. The maximum atomic E-state index is 11.4. The van der Waals surface area contributed by atoms with Crippen molar-refractivity contribution in [2.45, 2.75) is 12.5 Å². The van der Waals surface area contributed by atoms with Gasteiger partial charge in [0.2, 0.25) is 0 Å². The lowest BCUT2D eigenvalue weighted by Gasteiger charge is -2.16. The molecule has 1 atom stereocenters. The van der Waals surface area contributed by atoms with Gasteiger partial charge < -0.3 is 5.32 Å². The Morgan fingerprint density at radius 2 is 2.00 bits per heavy atom. The molecule has 0 radical (unpaired) electrons. The molecule has 2 rings (SSSR count). The lowest BCUT2D eigenvalue weighted by Crippen LogP contribution is -2.34. The van der Waals surface area contributed by atoms with E-state index < -0.39 is 9.84 Å². The molecule has 1 N–H and O–H groups in total. The minimum Gasteiger partial charge on any atom is -0.316 e. The van der Waals surface area contributed by atoms with E-state index in [4.69, 9.17) is 0 Å². The third-order valence-corrected chi connectivity index (χ3v) is 4.13. The Morgan fingerprint density at radius 1 is 1.26 bits per heavy atom. The van der Waals surface area contributed by atoms with Crippen molar-refractivity contribution >= 4 is 20.7 Å². The minimum absolute atomic E-state index is 0.0826. The number of pyridine rings is 1. The summed E-state index contributed by atoms with van der Waals surface area (Å²) in [6.07, 6.45) is 3.71. The molecule has 1 heterocycles. The minimum atomic E-state index is -2.99. The van der Waals surface area contributed by atoms with E-state index in [1.165, 1.54) is 6.26 Å². The highest BCUT2D eigenvalue weighted by molar-refractivity contribution is 7.90. The van der Waals surface area contributed by atoms with E-state index in [2.05, 4.69) is 10.3 Å². The number of para-hydroxylation sites is 1. The Bertz CT molecular complexity index is 663. The molecule has 0 spiro atoms. The molecule has 0 aliphatic carbocycles. The average molecular weight is 278 g/mol. The molecule has 1 aromatic heterocycles. The van der Waals surface area contributed by atoms with Gasteiger partial charge in [0.15, 0.2) is 0 Å². The first kappa shape index (κ1) is 14.0. The number of likely N-dealkylation sites (N-methyl/N-ethyl adjacent to an activating group) is 1. The average Bonchev–Trinajstić information content (AvgIpc) is 2.37. The van der Waals surface area contributed by atoms with Crippen LogP contribution in [0.5, 0.6) is 0 Å². The summed E-state index contributed by atoms with van der Waals surface area (Å²) in [7, 11) is -1.20. The largest absolute Gasteiger partial charge is 0.316 e. The van der Waals surface area contributed by atoms with E-state index in [1.54, 1.807) is 13.2 Å². The topological polar surface area (TPSA) is 59.1 Å². The van der Waals surface area contributed by atoms with Gasteiger partial charge in [-0.3, -0.25) is 4.98 Å². The van der Waals surface area contributed by atoms with Crippen molar-refractivity contribution in [1.29, 1.82) is 0 Å². The number of hydrogen-bond donors (Lipinski definition) is 1. The van der Waals surface area contributed by atoms with E-state index in [0.717, 1.165) is 16.5 Å². The normalized spacial score (nSPS) is 13.6. The summed E-state index contributed by atoms with van der Waals surface area (Å²) in [6, 6.07) is 9.77. The van der Waals surface area contributed by atoms with Crippen LogP contribution in [0.1, 0.15) is 5.56 Å². The Balaban J connectivity index is 2.29. The van der Waals surface area contributed by atoms with Crippen LogP contribution in [0.25, 0.3) is 10.9 Å². The van der Waals surface area contributed by atoms with Crippen molar-refractivity contribution in [1.82, 2.24) is 10.3 Å². The van der Waals surface area contributed by atoms with E-state index >= 15 is 0 Å². The number of aromatic nitrogens is 1. The maximum Gasteiger partial charge on any atom is 0.148 e. The summed E-state index contributed by atoms with van der Waals surface area (Å²) >= 11 is 0. The van der Waals surface area contributed by atoms with Crippen LogP contribution in [0, 0.1) is 0 Å². The molecule has 0 aliphatic heterocycles. The van der Waals surface area contributed by atoms with Gasteiger partial charge in [-0.2, -0.15) is 0 Å². The van der Waals surface area contributed by atoms with E-state index in [0.29, 0.717) is 6.42 Å². The van der Waals surface area contributed by atoms with Crippen LogP contribution in [0.4, 0.5) is 0 Å². The van der Waals surface area contributed by atoms with E-state index in [9.17, 15) is 8.42 Å². The third kappa shape index (κ3) is 3.75. The van der Waals surface area contributed by atoms with Crippen molar-refractivity contribution in [3.8, 4) is 0 Å². The fourth-order valence-corrected chi connectivity index (χ4v) is 3.22. The second-order valence-electron chi connectivity index (χ2n) is 4.77. The van der Waals surface area contributed by atoms with Gasteiger partial charge in [-0.1, -0.05) is 18.2 Å². The molecule has 1 unspecified atom stereocenters. The fraction of sp³-hybridized carbons (Fsp3) is 0.357. The number of hydrogen-bond acceptors (Lipinski definition) is 4. The predicted octanol–water partition coefficient (Wildman–Crippen LogP) is 1.41.